The maximum Gasteiger partial charge on any atom is 0.269 e. The number of nitro groups is 1. The lowest BCUT2D eigenvalue weighted by molar-refractivity contribution is -0.385. The van der Waals surface area contributed by atoms with Crippen LogP contribution < -0.4 is 5.73 Å². The Morgan fingerprint density at radius 1 is 1.33 bits per heavy atom. The molecule has 1 aromatic carbocycles. The number of rotatable bonds is 4. The number of hydrogen-bond acceptors (Lipinski definition) is 4. The minimum Gasteiger partial charge on any atom is -0.328 e. The summed E-state index contributed by atoms with van der Waals surface area (Å²) in [4.78, 5) is 12.9. The molecule has 0 bridgehead atoms. The zero-order valence-electron chi connectivity index (χ0n) is 12.6. The summed E-state index contributed by atoms with van der Waals surface area (Å²) in [5.74, 6) is 0.601. The number of halogens is 1. The van der Waals surface area contributed by atoms with Crippen LogP contribution in [-0.4, -0.2) is 29.0 Å². The van der Waals surface area contributed by atoms with Gasteiger partial charge in [0.15, 0.2) is 0 Å². The molecule has 0 saturated carbocycles. The van der Waals surface area contributed by atoms with Crippen LogP contribution in [0, 0.1) is 16.0 Å². The van der Waals surface area contributed by atoms with Gasteiger partial charge in [-0.3, -0.25) is 15.0 Å². The highest BCUT2D eigenvalue weighted by atomic mass is 35.5. The molecule has 0 amide bonds. The third kappa shape index (κ3) is 4.40. The highest BCUT2D eigenvalue weighted by Crippen LogP contribution is 2.29. The van der Waals surface area contributed by atoms with Gasteiger partial charge in [0.1, 0.15) is 0 Å². The maximum atomic E-state index is 10.8. The number of nitrogens with zero attached hydrogens (tertiary/aromatic N) is 2. The Bertz CT molecular complexity index is 474. The molecule has 1 aromatic rings. The van der Waals surface area contributed by atoms with Crippen molar-refractivity contribution in [2.45, 2.75) is 38.8 Å². The van der Waals surface area contributed by atoms with E-state index in [1.165, 1.54) is 0 Å². The molecule has 2 rings (SSSR count). The molecule has 1 fully saturated rings. The van der Waals surface area contributed by atoms with Gasteiger partial charge in [0.05, 0.1) is 4.92 Å². The Labute approximate surface area is 132 Å². The van der Waals surface area contributed by atoms with E-state index in [1.807, 2.05) is 6.07 Å². The van der Waals surface area contributed by atoms with Gasteiger partial charge in [0.25, 0.3) is 5.69 Å². The minimum absolute atomic E-state index is 0. The molecule has 0 aliphatic carbocycles. The quantitative estimate of drug-likeness (QED) is 0.684. The molecule has 0 aromatic heterocycles. The topological polar surface area (TPSA) is 72.4 Å². The van der Waals surface area contributed by atoms with Crippen LogP contribution in [0.2, 0.25) is 0 Å². The van der Waals surface area contributed by atoms with Crippen LogP contribution in [0.3, 0.4) is 0 Å². The number of piperidine rings is 1. The Hall–Kier alpha value is -1.17. The highest BCUT2D eigenvalue weighted by Gasteiger charge is 2.25. The Morgan fingerprint density at radius 2 is 1.95 bits per heavy atom. The van der Waals surface area contributed by atoms with Crippen molar-refractivity contribution in [3.8, 4) is 0 Å². The van der Waals surface area contributed by atoms with E-state index in [1.54, 1.807) is 18.2 Å². The van der Waals surface area contributed by atoms with Crippen molar-refractivity contribution in [2.75, 3.05) is 13.1 Å². The van der Waals surface area contributed by atoms with E-state index < -0.39 is 0 Å². The van der Waals surface area contributed by atoms with Crippen molar-refractivity contribution < 1.29 is 4.92 Å². The Balaban J connectivity index is 0.00000220. The van der Waals surface area contributed by atoms with E-state index in [0.29, 0.717) is 5.92 Å². The summed E-state index contributed by atoms with van der Waals surface area (Å²) in [6.07, 6.45) is 2.22. The third-order valence-electron chi connectivity index (χ3n) is 4.43. The van der Waals surface area contributed by atoms with Crippen molar-refractivity contribution >= 4 is 18.1 Å². The fourth-order valence-electron chi connectivity index (χ4n) is 2.94. The fourth-order valence-corrected chi connectivity index (χ4v) is 2.94. The monoisotopic (exact) mass is 313 g/mol. The van der Waals surface area contributed by atoms with Crippen LogP contribution in [0.4, 0.5) is 5.69 Å². The molecule has 2 unspecified atom stereocenters. The molecule has 118 valence electrons. The van der Waals surface area contributed by atoms with E-state index in [0.717, 1.165) is 31.5 Å². The van der Waals surface area contributed by atoms with E-state index >= 15 is 0 Å². The Morgan fingerprint density at radius 3 is 2.48 bits per heavy atom. The average Bonchev–Trinajstić information content (AvgIpc) is 2.46. The first-order valence-electron chi connectivity index (χ1n) is 7.23. The van der Waals surface area contributed by atoms with Crippen molar-refractivity contribution in [1.82, 2.24) is 4.90 Å². The van der Waals surface area contributed by atoms with E-state index in [9.17, 15) is 10.1 Å². The summed E-state index contributed by atoms with van der Waals surface area (Å²) in [6, 6.07) is 7.42. The number of nitro benzene ring substituents is 1. The molecule has 1 saturated heterocycles. The molecule has 2 N–H and O–H groups in total. The van der Waals surface area contributed by atoms with Gasteiger partial charge in [-0.1, -0.05) is 12.1 Å². The van der Waals surface area contributed by atoms with Crippen molar-refractivity contribution in [3.05, 3.63) is 39.9 Å². The van der Waals surface area contributed by atoms with Crippen LogP contribution in [0.15, 0.2) is 24.3 Å². The van der Waals surface area contributed by atoms with Crippen LogP contribution in [0.1, 0.15) is 38.3 Å². The van der Waals surface area contributed by atoms with Crippen LogP contribution in [-0.2, 0) is 0 Å². The molecular formula is C15H24ClN3O2. The largest absolute Gasteiger partial charge is 0.328 e. The van der Waals surface area contributed by atoms with Gasteiger partial charge in [0.2, 0.25) is 0 Å². The van der Waals surface area contributed by atoms with Crippen molar-refractivity contribution in [2.24, 2.45) is 11.7 Å². The molecule has 5 nitrogen and oxygen atoms in total. The van der Waals surface area contributed by atoms with Crippen LogP contribution in [0.25, 0.3) is 0 Å². The third-order valence-corrected chi connectivity index (χ3v) is 4.43. The SMILES string of the molecule is CC(N)C1CCN(C(C)c2cccc([N+](=O)[O-])c2)CC1.Cl. The lowest BCUT2D eigenvalue weighted by atomic mass is 9.89. The van der Waals surface area contributed by atoms with Gasteiger partial charge in [-0.05, 0) is 51.3 Å². The summed E-state index contributed by atoms with van der Waals surface area (Å²) < 4.78 is 0. The van der Waals surface area contributed by atoms with Crippen LogP contribution in [0.5, 0.6) is 0 Å². The van der Waals surface area contributed by atoms with Gasteiger partial charge in [-0.25, -0.2) is 0 Å². The second-order valence-electron chi connectivity index (χ2n) is 5.76. The predicted octanol–water partition coefficient (Wildman–Crippen LogP) is 3.14. The average molecular weight is 314 g/mol. The summed E-state index contributed by atoms with van der Waals surface area (Å²) >= 11 is 0. The Kier molecular flexibility index (Phi) is 6.58. The van der Waals surface area contributed by atoms with Gasteiger partial charge in [-0.15, -0.1) is 12.4 Å². The summed E-state index contributed by atoms with van der Waals surface area (Å²) in [7, 11) is 0. The van der Waals surface area contributed by atoms with Gasteiger partial charge >= 0.3 is 0 Å². The second-order valence-corrected chi connectivity index (χ2v) is 5.76. The first-order valence-corrected chi connectivity index (χ1v) is 7.23. The molecule has 1 aliphatic heterocycles. The minimum atomic E-state index is -0.335. The summed E-state index contributed by atoms with van der Waals surface area (Å²) in [5.41, 5.74) is 7.14. The zero-order valence-corrected chi connectivity index (χ0v) is 13.4. The number of nitrogens with two attached hydrogens (primary N) is 1. The fraction of sp³-hybridized carbons (Fsp3) is 0.600. The van der Waals surface area contributed by atoms with Gasteiger partial charge < -0.3 is 5.73 Å². The summed E-state index contributed by atoms with van der Waals surface area (Å²) in [6.45, 7) is 6.21. The molecule has 21 heavy (non-hydrogen) atoms. The number of hydrogen-bond donors (Lipinski definition) is 1. The predicted molar refractivity (Wildman–Crippen MR) is 86.7 cm³/mol. The first kappa shape index (κ1) is 17.9. The summed E-state index contributed by atoms with van der Waals surface area (Å²) in [5, 5.41) is 10.8. The molecular weight excluding hydrogens is 290 g/mol. The lowest BCUT2D eigenvalue weighted by Crippen LogP contribution is -2.40. The number of non-ortho nitro benzene ring substituents is 1. The van der Waals surface area contributed by atoms with E-state index in [2.05, 4.69) is 18.7 Å². The molecule has 0 radical (unpaired) electrons. The van der Waals surface area contributed by atoms with Crippen molar-refractivity contribution in [3.63, 3.8) is 0 Å². The van der Waals surface area contributed by atoms with E-state index in [-0.39, 0.29) is 35.1 Å². The highest BCUT2D eigenvalue weighted by molar-refractivity contribution is 5.85. The smallest absolute Gasteiger partial charge is 0.269 e. The van der Waals surface area contributed by atoms with Gasteiger partial charge in [0, 0.05) is 24.2 Å². The maximum absolute atomic E-state index is 10.8. The lowest BCUT2D eigenvalue weighted by Gasteiger charge is -2.37. The molecule has 1 aliphatic rings. The standard InChI is InChI=1S/C15H23N3O2.ClH/c1-11(16)13-6-8-17(9-7-13)12(2)14-4-3-5-15(10-14)18(19)20;/h3-5,10-13H,6-9,16H2,1-2H3;1H. The van der Waals surface area contributed by atoms with Crippen molar-refractivity contribution in [1.29, 1.82) is 0 Å². The zero-order chi connectivity index (χ0) is 14.7. The molecule has 6 heteroatoms. The molecule has 0 spiro atoms. The van der Waals surface area contributed by atoms with Gasteiger partial charge in [-0.2, -0.15) is 0 Å². The van der Waals surface area contributed by atoms with E-state index in [4.69, 9.17) is 5.73 Å². The number of benzene rings is 1. The normalized spacial score (nSPS) is 19.6. The number of likely N-dealkylation sites (tertiary alicyclic amines) is 1. The first-order chi connectivity index (χ1) is 9.49. The molecule has 1 heterocycles. The second kappa shape index (κ2) is 7.73. The molecule has 2 atom stereocenters. The van der Waals surface area contributed by atoms with Crippen LogP contribution >= 0.6 is 12.4 Å².